The summed E-state index contributed by atoms with van der Waals surface area (Å²) in [6.45, 7) is -1.17. The number of nitrogens with one attached hydrogen (secondary N) is 4. The monoisotopic (exact) mass is 385 g/mol. The van der Waals surface area contributed by atoms with Crippen molar-refractivity contribution in [3.05, 3.63) is 0 Å². The fourth-order valence-corrected chi connectivity index (χ4v) is 1.79. The van der Waals surface area contributed by atoms with Crippen molar-refractivity contribution in [1.29, 1.82) is 0 Å². The molecule has 0 bridgehead atoms. The highest BCUT2D eigenvalue weighted by atomic mass is 16.7. The molecule has 0 aromatic rings. The third-order valence-corrected chi connectivity index (χ3v) is 3.09. The third kappa shape index (κ3) is 8.42. The molecule has 13 heteroatoms. The molecule has 6 amide bonds. The summed E-state index contributed by atoms with van der Waals surface area (Å²) in [5.74, 6) is -3.87. The summed E-state index contributed by atoms with van der Waals surface area (Å²) in [4.78, 5) is 82.7. The zero-order valence-corrected chi connectivity index (χ0v) is 14.2. The van der Waals surface area contributed by atoms with E-state index in [1.807, 2.05) is 0 Å². The molecule has 148 valence electrons. The van der Waals surface area contributed by atoms with Crippen molar-refractivity contribution in [2.24, 2.45) is 0 Å². The molecule has 0 aromatic carbocycles. The van der Waals surface area contributed by atoms with Gasteiger partial charge in [-0.15, -0.1) is 5.06 Å². The minimum absolute atomic E-state index is 0.0173. The van der Waals surface area contributed by atoms with Crippen LogP contribution in [0.15, 0.2) is 0 Å². The number of carbonyl (C=O) groups excluding carboxylic acids is 7. The van der Waals surface area contributed by atoms with Crippen LogP contribution in [-0.4, -0.2) is 73.2 Å². The van der Waals surface area contributed by atoms with Crippen molar-refractivity contribution in [3.63, 3.8) is 0 Å². The molecule has 1 heterocycles. The van der Waals surface area contributed by atoms with Crippen molar-refractivity contribution < 1.29 is 38.4 Å². The summed E-state index contributed by atoms with van der Waals surface area (Å²) in [5, 5.41) is 9.30. The second-order valence-electron chi connectivity index (χ2n) is 5.20. The molecule has 0 aliphatic carbocycles. The van der Waals surface area contributed by atoms with Crippen molar-refractivity contribution >= 4 is 41.9 Å². The van der Waals surface area contributed by atoms with Gasteiger partial charge < -0.3 is 26.1 Å². The van der Waals surface area contributed by atoms with E-state index in [2.05, 4.69) is 26.1 Å². The topological polar surface area (TPSA) is 180 Å². The Labute approximate surface area is 153 Å². The van der Waals surface area contributed by atoms with Gasteiger partial charge in [0.1, 0.15) is 0 Å². The van der Waals surface area contributed by atoms with Crippen LogP contribution in [0.25, 0.3) is 0 Å². The molecule has 1 aliphatic rings. The quantitative estimate of drug-likeness (QED) is 0.206. The van der Waals surface area contributed by atoms with E-state index in [1.165, 1.54) is 0 Å². The molecule has 0 radical (unpaired) electrons. The Morgan fingerprint density at radius 1 is 0.889 bits per heavy atom. The first-order chi connectivity index (χ1) is 12.8. The van der Waals surface area contributed by atoms with Crippen LogP contribution in [0.3, 0.4) is 0 Å². The lowest BCUT2D eigenvalue weighted by atomic mass is 10.4. The minimum atomic E-state index is -0.866. The molecule has 0 atom stereocenters. The van der Waals surface area contributed by atoms with Gasteiger partial charge in [0.15, 0.2) is 0 Å². The van der Waals surface area contributed by atoms with Crippen LogP contribution in [0.2, 0.25) is 0 Å². The predicted molar refractivity (Wildman–Crippen MR) is 84.9 cm³/mol. The van der Waals surface area contributed by atoms with Gasteiger partial charge in [-0.2, -0.15) is 0 Å². The number of nitrogens with zero attached hydrogens (tertiary/aromatic N) is 1. The molecule has 0 unspecified atom stereocenters. The lowest BCUT2D eigenvalue weighted by molar-refractivity contribution is -0.197. The zero-order chi connectivity index (χ0) is 20.2. The molecule has 4 N–H and O–H groups in total. The summed E-state index contributed by atoms with van der Waals surface area (Å²) in [6, 6.07) is 0. The number of hydrogen-bond donors (Lipinski definition) is 4. The van der Waals surface area contributed by atoms with Crippen molar-refractivity contribution in [1.82, 2.24) is 26.3 Å². The number of carbonyl (C=O) groups is 7. The van der Waals surface area contributed by atoms with Gasteiger partial charge in [-0.05, 0) is 0 Å². The van der Waals surface area contributed by atoms with Gasteiger partial charge in [0.05, 0.1) is 26.1 Å². The fraction of sp³-hybridized carbons (Fsp3) is 0.500. The average molecular weight is 385 g/mol. The molecule has 1 saturated heterocycles. The van der Waals surface area contributed by atoms with Crippen LogP contribution >= 0.6 is 0 Å². The Balaban J connectivity index is 2.12. The lowest BCUT2D eigenvalue weighted by Gasteiger charge is -2.12. The maximum atomic E-state index is 11.5. The Hall–Kier alpha value is -3.51. The molecule has 1 rings (SSSR count). The predicted octanol–water partition coefficient (Wildman–Crippen LogP) is -3.92. The van der Waals surface area contributed by atoms with E-state index in [0.29, 0.717) is 11.5 Å². The van der Waals surface area contributed by atoms with Gasteiger partial charge in [-0.25, -0.2) is 4.79 Å². The maximum absolute atomic E-state index is 11.5. The van der Waals surface area contributed by atoms with Crippen LogP contribution in [0.4, 0.5) is 0 Å². The molecular weight excluding hydrogens is 366 g/mol. The van der Waals surface area contributed by atoms with E-state index < -0.39 is 35.5 Å². The van der Waals surface area contributed by atoms with Gasteiger partial charge in [-0.1, -0.05) is 0 Å². The molecular formula is C14H19N5O8. The smallest absolute Gasteiger partial charge is 0.334 e. The first-order valence-electron chi connectivity index (χ1n) is 7.87. The maximum Gasteiger partial charge on any atom is 0.334 e. The first kappa shape index (κ1) is 21.5. The average Bonchev–Trinajstić information content (AvgIpc) is 2.94. The Kier molecular flexibility index (Phi) is 8.91. The summed E-state index contributed by atoms with van der Waals surface area (Å²) in [7, 11) is 0. The zero-order valence-electron chi connectivity index (χ0n) is 14.2. The van der Waals surface area contributed by atoms with Crippen LogP contribution in [-0.2, 0) is 38.4 Å². The number of imide groups is 1. The first-order valence-corrected chi connectivity index (χ1v) is 7.87. The van der Waals surface area contributed by atoms with Crippen molar-refractivity contribution in [3.8, 4) is 0 Å². The van der Waals surface area contributed by atoms with E-state index in [-0.39, 0.29) is 45.4 Å². The minimum Gasteiger partial charge on any atom is -0.354 e. The van der Waals surface area contributed by atoms with E-state index in [4.69, 9.17) is 0 Å². The molecule has 1 aliphatic heterocycles. The van der Waals surface area contributed by atoms with Crippen LogP contribution in [0.5, 0.6) is 0 Å². The van der Waals surface area contributed by atoms with Gasteiger partial charge in [0.25, 0.3) is 11.8 Å². The standard InChI is InChI=1S/C14H19N5O8/c20-8-15-5-9(21)17-7-11(23)18-6-10(22)16-4-3-14(26)27-19-12(24)1-2-13(19)25/h8H,1-7H2,(H,15,20)(H,16,22)(H,17,21)(H,18,23). The molecule has 1 fully saturated rings. The number of hydrogen-bond acceptors (Lipinski definition) is 8. The SMILES string of the molecule is O=CNCC(=O)NCC(=O)NCC(=O)NCCC(=O)ON1C(=O)CCC1=O. The molecule has 0 spiro atoms. The fourth-order valence-electron chi connectivity index (χ4n) is 1.79. The summed E-state index contributed by atoms with van der Waals surface area (Å²) in [6.07, 6.45) is 0.0182. The number of amides is 6. The van der Waals surface area contributed by atoms with Gasteiger partial charge in [-0.3, -0.25) is 28.8 Å². The number of rotatable bonds is 11. The molecule has 0 saturated carbocycles. The van der Waals surface area contributed by atoms with Gasteiger partial charge in [0.2, 0.25) is 24.1 Å². The lowest BCUT2D eigenvalue weighted by Crippen LogP contribution is -2.44. The summed E-state index contributed by atoms with van der Waals surface area (Å²) >= 11 is 0. The Bertz CT molecular complexity index is 619. The van der Waals surface area contributed by atoms with Gasteiger partial charge >= 0.3 is 5.97 Å². The second kappa shape index (κ2) is 11.2. The third-order valence-electron chi connectivity index (χ3n) is 3.09. The van der Waals surface area contributed by atoms with Crippen LogP contribution in [0.1, 0.15) is 19.3 Å². The largest absolute Gasteiger partial charge is 0.354 e. The molecule has 0 aromatic heterocycles. The van der Waals surface area contributed by atoms with E-state index >= 15 is 0 Å². The Morgan fingerprint density at radius 3 is 1.96 bits per heavy atom. The highest BCUT2D eigenvalue weighted by molar-refractivity contribution is 6.01. The van der Waals surface area contributed by atoms with Crippen LogP contribution in [0, 0.1) is 0 Å². The molecule has 13 nitrogen and oxygen atoms in total. The van der Waals surface area contributed by atoms with E-state index in [0.717, 1.165) is 0 Å². The highest BCUT2D eigenvalue weighted by Gasteiger charge is 2.32. The van der Waals surface area contributed by atoms with E-state index in [9.17, 15) is 33.6 Å². The van der Waals surface area contributed by atoms with E-state index in [1.54, 1.807) is 0 Å². The normalized spacial score (nSPS) is 13.0. The summed E-state index contributed by atoms with van der Waals surface area (Å²) < 4.78 is 0. The Morgan fingerprint density at radius 2 is 1.41 bits per heavy atom. The molecule has 27 heavy (non-hydrogen) atoms. The van der Waals surface area contributed by atoms with Crippen molar-refractivity contribution in [2.45, 2.75) is 19.3 Å². The highest BCUT2D eigenvalue weighted by Crippen LogP contribution is 2.12. The van der Waals surface area contributed by atoms with Crippen LogP contribution < -0.4 is 21.3 Å². The summed E-state index contributed by atoms with van der Waals surface area (Å²) in [5.41, 5.74) is 0. The van der Waals surface area contributed by atoms with Gasteiger partial charge in [0, 0.05) is 19.4 Å². The van der Waals surface area contributed by atoms with Crippen molar-refractivity contribution in [2.75, 3.05) is 26.2 Å². The number of hydroxylamine groups is 2. The second-order valence-corrected chi connectivity index (χ2v) is 5.20.